The SMILES string of the molecule is CN(C1CCN(C(=O)c2ccsc2)CC1)S(C)(=O)=O. The summed E-state index contributed by atoms with van der Waals surface area (Å²) in [6, 6.07) is 1.82. The Labute approximate surface area is 117 Å². The molecule has 0 bridgehead atoms. The van der Waals surface area contributed by atoms with E-state index in [0.29, 0.717) is 25.9 Å². The van der Waals surface area contributed by atoms with Crippen LogP contribution in [0, 0.1) is 0 Å². The molecule has 0 radical (unpaired) electrons. The summed E-state index contributed by atoms with van der Waals surface area (Å²) in [6.45, 7) is 1.22. The maximum absolute atomic E-state index is 12.1. The van der Waals surface area contributed by atoms with E-state index in [4.69, 9.17) is 0 Å². The zero-order valence-corrected chi connectivity index (χ0v) is 12.7. The summed E-state index contributed by atoms with van der Waals surface area (Å²) in [5.41, 5.74) is 0.722. The summed E-state index contributed by atoms with van der Waals surface area (Å²) in [7, 11) is -1.54. The number of piperidine rings is 1. The number of nitrogens with zero attached hydrogens (tertiary/aromatic N) is 2. The van der Waals surface area contributed by atoms with Gasteiger partial charge in [-0.15, -0.1) is 0 Å². The molecule has 2 heterocycles. The number of hydrogen-bond donors (Lipinski definition) is 0. The van der Waals surface area contributed by atoms with Crippen LogP contribution in [0.25, 0.3) is 0 Å². The van der Waals surface area contributed by atoms with Crippen LogP contribution in [0.1, 0.15) is 23.2 Å². The Kier molecular flexibility index (Phi) is 4.27. The molecule has 19 heavy (non-hydrogen) atoms. The fourth-order valence-corrected chi connectivity index (χ4v) is 3.65. The average Bonchev–Trinajstić information content (AvgIpc) is 2.90. The predicted molar refractivity (Wildman–Crippen MR) is 75.9 cm³/mol. The molecule has 0 atom stereocenters. The molecule has 1 aliphatic heterocycles. The Bertz CT molecular complexity index is 531. The Morgan fingerprint density at radius 2 is 2.05 bits per heavy atom. The molecule has 106 valence electrons. The van der Waals surface area contributed by atoms with Crippen molar-refractivity contribution in [1.29, 1.82) is 0 Å². The van der Waals surface area contributed by atoms with Crippen LogP contribution in [0.15, 0.2) is 16.8 Å². The zero-order chi connectivity index (χ0) is 14.0. The summed E-state index contributed by atoms with van der Waals surface area (Å²) in [5, 5.41) is 3.73. The van der Waals surface area contributed by atoms with E-state index in [-0.39, 0.29) is 11.9 Å². The van der Waals surface area contributed by atoms with Crippen LogP contribution in [-0.4, -0.2) is 56.0 Å². The number of amides is 1. The molecule has 7 heteroatoms. The van der Waals surface area contributed by atoms with Crippen molar-refractivity contribution in [2.75, 3.05) is 26.4 Å². The van der Waals surface area contributed by atoms with E-state index in [1.54, 1.807) is 11.9 Å². The van der Waals surface area contributed by atoms with Crippen molar-refractivity contribution in [3.05, 3.63) is 22.4 Å². The number of sulfonamides is 1. The van der Waals surface area contributed by atoms with Crippen molar-refractivity contribution in [3.63, 3.8) is 0 Å². The molecule has 2 rings (SSSR count). The van der Waals surface area contributed by atoms with Gasteiger partial charge in [0.25, 0.3) is 5.91 Å². The molecule has 1 aromatic heterocycles. The Morgan fingerprint density at radius 3 is 2.53 bits per heavy atom. The molecule has 1 amide bonds. The van der Waals surface area contributed by atoms with Crippen molar-refractivity contribution < 1.29 is 13.2 Å². The first-order chi connectivity index (χ1) is 8.89. The van der Waals surface area contributed by atoms with Crippen molar-refractivity contribution in [2.45, 2.75) is 18.9 Å². The van der Waals surface area contributed by atoms with Gasteiger partial charge in [0.15, 0.2) is 0 Å². The fourth-order valence-electron chi connectivity index (χ4n) is 2.27. The molecule has 0 unspecified atom stereocenters. The van der Waals surface area contributed by atoms with E-state index in [9.17, 15) is 13.2 Å². The first kappa shape index (κ1) is 14.5. The predicted octanol–water partition coefficient (Wildman–Crippen LogP) is 1.24. The molecule has 0 saturated carbocycles. The van der Waals surface area contributed by atoms with Gasteiger partial charge in [-0.25, -0.2) is 12.7 Å². The van der Waals surface area contributed by atoms with Gasteiger partial charge >= 0.3 is 0 Å². The molecule has 1 saturated heterocycles. The van der Waals surface area contributed by atoms with Crippen LogP contribution >= 0.6 is 11.3 Å². The Morgan fingerprint density at radius 1 is 1.42 bits per heavy atom. The van der Waals surface area contributed by atoms with Crippen LogP contribution in [-0.2, 0) is 10.0 Å². The van der Waals surface area contributed by atoms with Crippen molar-refractivity contribution in [2.24, 2.45) is 0 Å². The zero-order valence-electron chi connectivity index (χ0n) is 11.1. The topological polar surface area (TPSA) is 57.7 Å². The van der Waals surface area contributed by atoms with Gasteiger partial charge in [-0.1, -0.05) is 0 Å². The first-order valence-corrected chi connectivity index (χ1v) is 8.93. The highest BCUT2D eigenvalue weighted by atomic mass is 32.2. The second-order valence-electron chi connectivity index (χ2n) is 4.81. The molecule has 0 N–H and O–H groups in total. The summed E-state index contributed by atoms with van der Waals surface area (Å²) in [6.07, 6.45) is 2.61. The highest BCUT2D eigenvalue weighted by Gasteiger charge is 2.29. The maximum atomic E-state index is 12.1. The van der Waals surface area contributed by atoms with E-state index in [1.807, 2.05) is 16.8 Å². The lowest BCUT2D eigenvalue weighted by Gasteiger charge is -2.35. The van der Waals surface area contributed by atoms with Crippen LogP contribution in [0.4, 0.5) is 0 Å². The van der Waals surface area contributed by atoms with E-state index in [1.165, 1.54) is 21.9 Å². The third kappa shape index (κ3) is 3.34. The highest BCUT2D eigenvalue weighted by Crippen LogP contribution is 2.19. The quantitative estimate of drug-likeness (QED) is 0.844. The molecular weight excluding hydrogens is 284 g/mol. The monoisotopic (exact) mass is 302 g/mol. The Hall–Kier alpha value is -0.920. The van der Waals surface area contributed by atoms with Gasteiger partial charge in [0.05, 0.1) is 11.8 Å². The Balaban J connectivity index is 1.95. The molecule has 1 aromatic rings. The minimum absolute atomic E-state index is 0.00141. The largest absolute Gasteiger partial charge is 0.339 e. The van der Waals surface area contributed by atoms with Crippen LogP contribution in [0.5, 0.6) is 0 Å². The van der Waals surface area contributed by atoms with Crippen molar-refractivity contribution in [3.8, 4) is 0 Å². The number of carbonyl (C=O) groups is 1. The number of hydrogen-bond acceptors (Lipinski definition) is 4. The average molecular weight is 302 g/mol. The van der Waals surface area contributed by atoms with Crippen molar-refractivity contribution in [1.82, 2.24) is 9.21 Å². The fraction of sp³-hybridized carbons (Fsp3) is 0.583. The van der Waals surface area contributed by atoms with Crippen molar-refractivity contribution >= 4 is 27.3 Å². The van der Waals surface area contributed by atoms with Gasteiger partial charge in [-0.05, 0) is 24.3 Å². The molecule has 1 fully saturated rings. The molecule has 0 spiro atoms. The minimum Gasteiger partial charge on any atom is -0.339 e. The van der Waals surface area contributed by atoms with Gasteiger partial charge in [0, 0.05) is 31.6 Å². The van der Waals surface area contributed by atoms with Crippen LogP contribution in [0.3, 0.4) is 0 Å². The van der Waals surface area contributed by atoms with E-state index < -0.39 is 10.0 Å². The lowest BCUT2D eigenvalue weighted by Crippen LogP contribution is -2.46. The smallest absolute Gasteiger partial charge is 0.254 e. The number of thiophene rings is 1. The molecule has 0 aliphatic carbocycles. The van der Waals surface area contributed by atoms with Crippen LogP contribution in [0.2, 0.25) is 0 Å². The summed E-state index contributed by atoms with van der Waals surface area (Å²) in [5.74, 6) is 0.0432. The van der Waals surface area contributed by atoms with Gasteiger partial charge in [-0.2, -0.15) is 11.3 Å². The lowest BCUT2D eigenvalue weighted by molar-refractivity contribution is 0.0687. The first-order valence-electron chi connectivity index (χ1n) is 6.14. The summed E-state index contributed by atoms with van der Waals surface area (Å²) in [4.78, 5) is 13.9. The lowest BCUT2D eigenvalue weighted by atomic mass is 10.0. The number of carbonyl (C=O) groups excluding carboxylic acids is 1. The highest BCUT2D eigenvalue weighted by molar-refractivity contribution is 7.88. The normalized spacial score (nSPS) is 17.9. The number of rotatable bonds is 3. The standard InChI is InChI=1S/C12H18N2O3S2/c1-13(19(2,16)17)11-3-6-14(7-4-11)12(15)10-5-8-18-9-10/h5,8-9,11H,3-4,6-7H2,1-2H3. The molecule has 0 aromatic carbocycles. The second-order valence-corrected chi connectivity index (χ2v) is 7.64. The third-order valence-corrected chi connectivity index (χ3v) is 5.58. The van der Waals surface area contributed by atoms with Gasteiger partial charge in [0.2, 0.25) is 10.0 Å². The van der Waals surface area contributed by atoms with E-state index in [2.05, 4.69) is 0 Å². The summed E-state index contributed by atoms with van der Waals surface area (Å²) >= 11 is 1.51. The molecule has 5 nitrogen and oxygen atoms in total. The molecule has 1 aliphatic rings. The third-order valence-electron chi connectivity index (χ3n) is 3.56. The molecular formula is C12H18N2O3S2. The van der Waals surface area contributed by atoms with Gasteiger partial charge in [-0.3, -0.25) is 4.79 Å². The summed E-state index contributed by atoms with van der Waals surface area (Å²) < 4.78 is 24.4. The van der Waals surface area contributed by atoms with Crippen LogP contribution < -0.4 is 0 Å². The maximum Gasteiger partial charge on any atom is 0.254 e. The number of likely N-dealkylation sites (tertiary alicyclic amines) is 1. The minimum atomic E-state index is -3.15. The second kappa shape index (κ2) is 5.60. The van der Waals surface area contributed by atoms with Gasteiger partial charge < -0.3 is 4.90 Å². The van der Waals surface area contributed by atoms with E-state index in [0.717, 1.165) is 5.56 Å². The van der Waals surface area contributed by atoms with Gasteiger partial charge in [0.1, 0.15) is 0 Å². The van der Waals surface area contributed by atoms with E-state index >= 15 is 0 Å².